The molecular formula is C21H40N4O13. The zero-order valence-corrected chi connectivity index (χ0v) is 20.5. The van der Waals surface area contributed by atoms with E-state index in [9.17, 15) is 45.6 Å². The molecule has 17 nitrogen and oxygen atoms in total. The summed E-state index contributed by atoms with van der Waals surface area (Å²) in [6, 6.07) is -3.40. The highest BCUT2D eigenvalue weighted by Gasteiger charge is 2.53. The van der Waals surface area contributed by atoms with Crippen LogP contribution in [0.4, 0.5) is 0 Å². The summed E-state index contributed by atoms with van der Waals surface area (Å²) in [4.78, 5) is 12.4. The van der Waals surface area contributed by atoms with Crippen molar-refractivity contribution < 1.29 is 64.6 Å². The van der Waals surface area contributed by atoms with Gasteiger partial charge < -0.3 is 82.3 Å². The monoisotopic (exact) mass is 556 g/mol. The van der Waals surface area contributed by atoms with Crippen molar-refractivity contribution in [1.29, 1.82) is 0 Å². The second-order valence-corrected chi connectivity index (χ2v) is 9.79. The van der Waals surface area contributed by atoms with E-state index in [0.717, 1.165) is 0 Å². The van der Waals surface area contributed by atoms with Crippen molar-refractivity contribution in [1.82, 2.24) is 5.32 Å². The number of aliphatic hydroxyl groups is 8. The Balaban J connectivity index is 1.84. The van der Waals surface area contributed by atoms with Gasteiger partial charge in [-0.2, -0.15) is 0 Å². The minimum atomic E-state index is -1.64. The van der Waals surface area contributed by atoms with Gasteiger partial charge in [0.25, 0.3) is 0 Å². The van der Waals surface area contributed by atoms with Gasteiger partial charge in [0.1, 0.15) is 61.0 Å². The molecule has 0 radical (unpaired) electrons. The molecule has 0 bridgehead atoms. The third-order valence-corrected chi connectivity index (χ3v) is 7.10. The molecule has 15 N–H and O–H groups in total. The smallest absolute Gasteiger partial charge is 0.249 e. The van der Waals surface area contributed by atoms with Crippen molar-refractivity contribution in [2.45, 2.75) is 105 Å². The lowest BCUT2D eigenvalue weighted by molar-refractivity contribution is -0.311. The summed E-state index contributed by atoms with van der Waals surface area (Å²) in [5.41, 5.74) is 17.6. The Hall–Kier alpha value is -1.13. The molecular weight excluding hydrogens is 516 g/mol. The zero-order chi connectivity index (χ0) is 28.3. The molecule has 0 unspecified atom stereocenters. The van der Waals surface area contributed by atoms with Crippen LogP contribution in [-0.2, 0) is 23.7 Å². The standard InChI is InChI=1S/C21H40N4O13/c22-2-1-8(28)19(34)25-7-3-6(23)17(37-20-11(24)15(32)13(30)9(4-26)35-20)18(12(7)29)38-21-16(33)14(31)10(5-27)36-21/h6-18,20-21,26-33H,1-5,22-24H2,(H,25,34)/t6-,7-,8-,9+,10-,11+,12-,13-,14-,15-,16-,17-,18-,20-,21+/m1/s1. The van der Waals surface area contributed by atoms with E-state index < -0.39 is 111 Å². The molecule has 3 rings (SSSR count). The Morgan fingerprint density at radius 1 is 0.868 bits per heavy atom. The maximum absolute atomic E-state index is 12.4. The normalized spacial score (nSPS) is 46.6. The fraction of sp³-hybridized carbons (Fsp3) is 0.952. The lowest BCUT2D eigenvalue weighted by atomic mass is 9.83. The van der Waals surface area contributed by atoms with Gasteiger partial charge in [-0.3, -0.25) is 4.79 Å². The molecule has 0 aromatic carbocycles. The van der Waals surface area contributed by atoms with Crippen LogP contribution >= 0.6 is 0 Å². The summed E-state index contributed by atoms with van der Waals surface area (Å²) in [6.45, 7) is -1.28. The van der Waals surface area contributed by atoms with Crippen molar-refractivity contribution in [2.75, 3.05) is 19.8 Å². The molecule has 1 saturated carbocycles. The molecule has 15 atom stereocenters. The first kappa shape index (κ1) is 31.4. The van der Waals surface area contributed by atoms with E-state index in [4.69, 9.17) is 36.1 Å². The van der Waals surface area contributed by atoms with Crippen molar-refractivity contribution in [3.05, 3.63) is 0 Å². The first-order chi connectivity index (χ1) is 17.9. The van der Waals surface area contributed by atoms with Gasteiger partial charge in [-0.15, -0.1) is 0 Å². The first-order valence-corrected chi connectivity index (χ1v) is 12.4. The third-order valence-electron chi connectivity index (χ3n) is 7.10. The maximum Gasteiger partial charge on any atom is 0.249 e. The van der Waals surface area contributed by atoms with E-state index in [1.165, 1.54) is 0 Å². The largest absolute Gasteiger partial charge is 0.394 e. The molecule has 0 spiro atoms. The Bertz CT molecular complexity index is 769. The second-order valence-electron chi connectivity index (χ2n) is 9.79. The third kappa shape index (κ3) is 6.60. The van der Waals surface area contributed by atoms with E-state index in [0.29, 0.717) is 0 Å². The molecule has 1 amide bonds. The molecule has 17 heteroatoms. The SMILES string of the molecule is NCC[C@@H](O)C(=O)N[C@@H]1C[C@@H](N)[C@@H](O[C@H]2O[C@@H](CO)[C@@H](O)[C@H](O)[C@@H]2N)[C@H](O[C@@H]2O[C@H](CO)[C@@H](O)[C@H]2O)[C@@H]1O. The number of rotatable bonds is 10. The van der Waals surface area contributed by atoms with Gasteiger partial charge in [0.2, 0.25) is 5.91 Å². The maximum atomic E-state index is 12.4. The van der Waals surface area contributed by atoms with Crippen LogP contribution < -0.4 is 22.5 Å². The lowest BCUT2D eigenvalue weighted by Crippen LogP contribution is -2.69. The number of nitrogens with one attached hydrogen (secondary N) is 1. The van der Waals surface area contributed by atoms with E-state index in [1.807, 2.05) is 0 Å². The fourth-order valence-corrected chi connectivity index (χ4v) is 4.80. The van der Waals surface area contributed by atoms with E-state index >= 15 is 0 Å². The van der Waals surface area contributed by atoms with Crippen LogP contribution in [0, 0.1) is 0 Å². The predicted octanol–water partition coefficient (Wildman–Crippen LogP) is -7.75. The van der Waals surface area contributed by atoms with Gasteiger partial charge >= 0.3 is 0 Å². The average Bonchev–Trinajstić information content (AvgIpc) is 3.16. The van der Waals surface area contributed by atoms with Crippen LogP contribution in [0.2, 0.25) is 0 Å². The summed E-state index contributed by atoms with van der Waals surface area (Å²) >= 11 is 0. The van der Waals surface area contributed by atoms with Crippen molar-refractivity contribution in [3.8, 4) is 0 Å². The Labute approximate surface area is 218 Å². The van der Waals surface area contributed by atoms with Crippen molar-refractivity contribution in [2.24, 2.45) is 17.2 Å². The highest BCUT2D eigenvalue weighted by atomic mass is 16.7. The first-order valence-electron chi connectivity index (χ1n) is 12.4. The molecule has 222 valence electrons. The lowest BCUT2D eigenvalue weighted by Gasteiger charge is -2.47. The van der Waals surface area contributed by atoms with Gasteiger partial charge in [0.05, 0.1) is 25.3 Å². The fourth-order valence-electron chi connectivity index (χ4n) is 4.80. The van der Waals surface area contributed by atoms with Crippen molar-refractivity contribution >= 4 is 5.91 Å². The van der Waals surface area contributed by atoms with Crippen LogP contribution in [0.5, 0.6) is 0 Å². The average molecular weight is 557 g/mol. The number of carbonyl (C=O) groups excluding carboxylic acids is 1. The Morgan fingerprint density at radius 2 is 1.42 bits per heavy atom. The molecule has 2 aliphatic heterocycles. The van der Waals surface area contributed by atoms with E-state index in [-0.39, 0.29) is 19.4 Å². The van der Waals surface area contributed by atoms with Crippen LogP contribution in [0.25, 0.3) is 0 Å². The Kier molecular flexibility index (Phi) is 11.1. The topological polar surface area (TPSA) is 306 Å². The molecule has 0 aromatic heterocycles. The number of amides is 1. The molecule has 2 saturated heterocycles. The van der Waals surface area contributed by atoms with Gasteiger partial charge in [-0.05, 0) is 19.4 Å². The molecule has 2 heterocycles. The highest BCUT2D eigenvalue weighted by molar-refractivity contribution is 5.80. The Morgan fingerprint density at radius 3 is 2.00 bits per heavy atom. The molecule has 38 heavy (non-hydrogen) atoms. The summed E-state index contributed by atoms with van der Waals surface area (Å²) in [5.74, 6) is -0.821. The molecule has 1 aliphatic carbocycles. The number of hydrogen-bond donors (Lipinski definition) is 12. The minimum absolute atomic E-state index is 0.0330. The summed E-state index contributed by atoms with van der Waals surface area (Å²) in [6.07, 6.45) is -17.6. The van der Waals surface area contributed by atoms with Crippen molar-refractivity contribution in [3.63, 3.8) is 0 Å². The summed E-state index contributed by atoms with van der Waals surface area (Å²) < 4.78 is 22.5. The number of carbonyl (C=O) groups is 1. The van der Waals surface area contributed by atoms with E-state index in [1.54, 1.807) is 0 Å². The molecule has 0 aromatic rings. The van der Waals surface area contributed by atoms with Crippen LogP contribution in [0.3, 0.4) is 0 Å². The zero-order valence-electron chi connectivity index (χ0n) is 20.5. The number of hydrogen-bond acceptors (Lipinski definition) is 16. The molecule has 3 aliphatic rings. The van der Waals surface area contributed by atoms with Gasteiger partial charge in [-0.25, -0.2) is 0 Å². The van der Waals surface area contributed by atoms with Crippen LogP contribution in [-0.4, -0.2) is 158 Å². The van der Waals surface area contributed by atoms with Gasteiger partial charge in [0, 0.05) is 6.04 Å². The van der Waals surface area contributed by atoms with Gasteiger partial charge in [-0.1, -0.05) is 0 Å². The number of nitrogens with two attached hydrogens (primary N) is 3. The second kappa shape index (κ2) is 13.5. The van der Waals surface area contributed by atoms with Crippen LogP contribution in [0.1, 0.15) is 12.8 Å². The quantitative estimate of drug-likeness (QED) is 0.119. The van der Waals surface area contributed by atoms with E-state index in [2.05, 4.69) is 5.32 Å². The summed E-state index contributed by atoms with van der Waals surface area (Å²) in [7, 11) is 0. The molecule has 3 fully saturated rings. The van der Waals surface area contributed by atoms with Gasteiger partial charge in [0.15, 0.2) is 12.6 Å². The predicted molar refractivity (Wildman–Crippen MR) is 123 cm³/mol. The summed E-state index contributed by atoms with van der Waals surface area (Å²) in [5, 5.41) is 83.2. The minimum Gasteiger partial charge on any atom is -0.394 e. The highest BCUT2D eigenvalue weighted by Crippen LogP contribution is 2.32. The number of aliphatic hydroxyl groups excluding tert-OH is 8. The van der Waals surface area contributed by atoms with Crippen LogP contribution in [0.15, 0.2) is 0 Å². The number of ether oxygens (including phenoxy) is 4.